The summed E-state index contributed by atoms with van der Waals surface area (Å²) in [5.74, 6) is 1.71. The minimum absolute atomic E-state index is 0.0182. The molecule has 3 aromatic carbocycles. The molecule has 4 rings (SSSR count). The van der Waals surface area contributed by atoms with Crippen molar-refractivity contribution in [2.24, 2.45) is 0 Å². The topological polar surface area (TPSA) is 124 Å². The normalized spacial score (nSPS) is 11.5. The number of carbonyl (C=O) groups is 1. The number of ether oxygens (including phenoxy) is 1. The minimum atomic E-state index is -0.534. The number of hydrogen-bond donors (Lipinski definition) is 2. The van der Waals surface area contributed by atoms with Gasteiger partial charge in [0.05, 0.1) is 23.3 Å². The van der Waals surface area contributed by atoms with Crippen molar-refractivity contribution in [3.63, 3.8) is 0 Å². The Morgan fingerprint density at radius 2 is 1.76 bits per heavy atom. The van der Waals surface area contributed by atoms with Crippen LogP contribution in [0.1, 0.15) is 31.3 Å². The number of nitro benzene ring substituents is 1. The van der Waals surface area contributed by atoms with Crippen molar-refractivity contribution < 1.29 is 14.5 Å². The van der Waals surface area contributed by atoms with Gasteiger partial charge in [0.15, 0.2) is 11.0 Å². The number of nitrogens with one attached hydrogen (secondary N) is 2. The summed E-state index contributed by atoms with van der Waals surface area (Å²) in [6.45, 7) is 4.14. The van der Waals surface area contributed by atoms with Gasteiger partial charge in [0.25, 0.3) is 5.69 Å². The second kappa shape index (κ2) is 12.0. The Balaban J connectivity index is 1.58. The first-order valence-corrected chi connectivity index (χ1v) is 12.6. The molecular weight excluding hydrogens is 492 g/mol. The van der Waals surface area contributed by atoms with E-state index in [1.807, 2.05) is 49.4 Å². The molecule has 0 radical (unpaired) electrons. The Morgan fingerprint density at radius 3 is 2.46 bits per heavy atom. The SMILES string of the molecule is CCOc1ccccc1NC(=O)NC(C)c1nnc(SCc2ccccc2)n1-c1ccc([N+](=O)[O-])cc1. The van der Waals surface area contributed by atoms with Crippen LogP contribution in [-0.2, 0) is 5.75 Å². The van der Waals surface area contributed by atoms with E-state index in [0.29, 0.717) is 40.5 Å². The molecule has 0 bridgehead atoms. The van der Waals surface area contributed by atoms with Gasteiger partial charge < -0.3 is 15.4 Å². The molecule has 0 aliphatic carbocycles. The highest BCUT2D eigenvalue weighted by molar-refractivity contribution is 7.98. The molecule has 190 valence electrons. The molecule has 0 aliphatic heterocycles. The molecule has 1 aromatic heterocycles. The van der Waals surface area contributed by atoms with Crippen LogP contribution in [0.5, 0.6) is 5.75 Å². The summed E-state index contributed by atoms with van der Waals surface area (Å²) in [7, 11) is 0. The van der Waals surface area contributed by atoms with Crippen molar-refractivity contribution in [3.05, 3.63) is 100 Å². The predicted octanol–water partition coefficient (Wildman–Crippen LogP) is 5.75. The summed E-state index contributed by atoms with van der Waals surface area (Å²) in [6, 6.07) is 22.3. The molecule has 0 saturated heterocycles. The number of nitro groups is 1. The van der Waals surface area contributed by atoms with Gasteiger partial charge in [-0.3, -0.25) is 14.7 Å². The standard InChI is InChI=1S/C26H26N6O4S/c1-3-36-23-12-8-7-11-22(23)28-25(33)27-18(2)24-29-30-26(37-17-19-9-5-4-6-10-19)31(24)20-13-15-21(16-14-20)32(34)35/h4-16,18H,3,17H2,1-2H3,(H2,27,28,33). The smallest absolute Gasteiger partial charge is 0.319 e. The molecule has 0 saturated carbocycles. The van der Waals surface area contributed by atoms with Gasteiger partial charge in [-0.15, -0.1) is 10.2 Å². The molecule has 37 heavy (non-hydrogen) atoms. The van der Waals surface area contributed by atoms with Gasteiger partial charge in [-0.05, 0) is 43.7 Å². The highest BCUT2D eigenvalue weighted by Crippen LogP contribution is 2.29. The van der Waals surface area contributed by atoms with E-state index in [1.54, 1.807) is 35.8 Å². The number of hydrogen-bond acceptors (Lipinski definition) is 7. The van der Waals surface area contributed by atoms with E-state index in [9.17, 15) is 14.9 Å². The third-order valence-electron chi connectivity index (χ3n) is 5.36. The van der Waals surface area contributed by atoms with Crippen LogP contribution in [0.2, 0.25) is 0 Å². The summed E-state index contributed by atoms with van der Waals surface area (Å²) in [5.41, 5.74) is 2.29. The number of aromatic nitrogens is 3. The van der Waals surface area contributed by atoms with E-state index in [2.05, 4.69) is 20.8 Å². The van der Waals surface area contributed by atoms with Crippen molar-refractivity contribution in [1.29, 1.82) is 0 Å². The fraction of sp³-hybridized carbons (Fsp3) is 0.192. The molecule has 10 nitrogen and oxygen atoms in total. The molecule has 1 unspecified atom stereocenters. The number of carbonyl (C=O) groups excluding carboxylic acids is 1. The first-order chi connectivity index (χ1) is 18.0. The van der Waals surface area contributed by atoms with Crippen molar-refractivity contribution in [2.45, 2.75) is 30.8 Å². The molecule has 2 N–H and O–H groups in total. The Bertz CT molecular complexity index is 1360. The van der Waals surface area contributed by atoms with Gasteiger partial charge in [0, 0.05) is 23.6 Å². The molecule has 1 atom stereocenters. The van der Waals surface area contributed by atoms with E-state index < -0.39 is 17.0 Å². The number of non-ortho nitro benzene ring substituents is 1. The first-order valence-electron chi connectivity index (χ1n) is 11.6. The van der Waals surface area contributed by atoms with Crippen molar-refractivity contribution in [2.75, 3.05) is 11.9 Å². The number of urea groups is 1. The van der Waals surface area contributed by atoms with Crippen molar-refractivity contribution in [3.8, 4) is 11.4 Å². The maximum Gasteiger partial charge on any atom is 0.319 e. The summed E-state index contributed by atoms with van der Waals surface area (Å²) >= 11 is 1.48. The molecule has 0 fully saturated rings. The average molecular weight is 519 g/mol. The average Bonchev–Trinajstić information content (AvgIpc) is 3.33. The zero-order valence-electron chi connectivity index (χ0n) is 20.3. The van der Waals surface area contributed by atoms with Gasteiger partial charge in [0.2, 0.25) is 0 Å². The second-order valence-electron chi connectivity index (χ2n) is 7.97. The van der Waals surface area contributed by atoms with Crippen LogP contribution < -0.4 is 15.4 Å². The number of anilines is 1. The molecule has 0 spiro atoms. The first kappa shape index (κ1) is 25.7. The lowest BCUT2D eigenvalue weighted by Crippen LogP contribution is -2.32. The largest absolute Gasteiger partial charge is 0.492 e. The lowest BCUT2D eigenvalue weighted by atomic mass is 10.2. The maximum atomic E-state index is 12.8. The molecule has 0 aliphatic rings. The number of amides is 2. The molecule has 4 aromatic rings. The number of rotatable bonds is 10. The lowest BCUT2D eigenvalue weighted by molar-refractivity contribution is -0.384. The van der Waals surface area contributed by atoms with E-state index in [1.165, 1.54) is 23.9 Å². The van der Waals surface area contributed by atoms with Crippen LogP contribution in [-0.4, -0.2) is 32.3 Å². The van der Waals surface area contributed by atoms with Gasteiger partial charge in [-0.2, -0.15) is 0 Å². The van der Waals surface area contributed by atoms with Crippen LogP contribution in [0, 0.1) is 10.1 Å². The third kappa shape index (κ3) is 6.44. The van der Waals surface area contributed by atoms with Gasteiger partial charge in [0.1, 0.15) is 5.75 Å². The van der Waals surface area contributed by atoms with E-state index in [4.69, 9.17) is 4.74 Å². The summed E-state index contributed by atoms with van der Waals surface area (Å²) in [5, 5.41) is 26.2. The van der Waals surface area contributed by atoms with Crippen LogP contribution in [0.15, 0.2) is 84.0 Å². The lowest BCUT2D eigenvalue weighted by Gasteiger charge is -2.17. The quantitative estimate of drug-likeness (QED) is 0.156. The van der Waals surface area contributed by atoms with Crippen LogP contribution >= 0.6 is 11.8 Å². The molecule has 2 amide bonds. The fourth-order valence-electron chi connectivity index (χ4n) is 3.61. The summed E-state index contributed by atoms with van der Waals surface area (Å²) in [6.07, 6.45) is 0. The highest BCUT2D eigenvalue weighted by atomic mass is 32.2. The second-order valence-corrected chi connectivity index (χ2v) is 8.92. The third-order valence-corrected chi connectivity index (χ3v) is 6.36. The summed E-state index contributed by atoms with van der Waals surface area (Å²) in [4.78, 5) is 23.5. The van der Waals surface area contributed by atoms with Gasteiger partial charge in [-0.1, -0.05) is 54.2 Å². The maximum absolute atomic E-state index is 12.8. The Kier molecular flexibility index (Phi) is 8.37. The van der Waals surface area contributed by atoms with Crippen LogP contribution in [0.3, 0.4) is 0 Å². The van der Waals surface area contributed by atoms with Crippen molar-refractivity contribution >= 4 is 29.2 Å². The Labute approximate surface area is 218 Å². The van der Waals surface area contributed by atoms with E-state index >= 15 is 0 Å². The van der Waals surface area contributed by atoms with E-state index in [-0.39, 0.29) is 5.69 Å². The number of para-hydroxylation sites is 2. The molecular formula is C26H26N6O4S. The zero-order valence-corrected chi connectivity index (χ0v) is 21.1. The van der Waals surface area contributed by atoms with Crippen LogP contribution in [0.4, 0.5) is 16.2 Å². The zero-order chi connectivity index (χ0) is 26.2. The molecule has 1 heterocycles. The number of thioether (sulfide) groups is 1. The summed E-state index contributed by atoms with van der Waals surface area (Å²) < 4.78 is 7.38. The Hall–Kier alpha value is -4.38. The monoisotopic (exact) mass is 518 g/mol. The fourth-order valence-corrected chi connectivity index (χ4v) is 4.53. The number of nitrogens with zero attached hydrogens (tertiary/aromatic N) is 4. The van der Waals surface area contributed by atoms with Crippen molar-refractivity contribution in [1.82, 2.24) is 20.1 Å². The van der Waals surface area contributed by atoms with Gasteiger partial charge >= 0.3 is 6.03 Å². The van der Waals surface area contributed by atoms with Crippen LogP contribution in [0.25, 0.3) is 5.69 Å². The number of benzene rings is 3. The molecule has 11 heteroatoms. The minimum Gasteiger partial charge on any atom is -0.492 e. The van der Waals surface area contributed by atoms with Gasteiger partial charge in [-0.25, -0.2) is 4.79 Å². The Morgan fingerprint density at radius 1 is 1.05 bits per heavy atom. The van der Waals surface area contributed by atoms with E-state index in [0.717, 1.165) is 5.56 Å². The highest BCUT2D eigenvalue weighted by Gasteiger charge is 2.22. The predicted molar refractivity (Wildman–Crippen MR) is 142 cm³/mol.